The van der Waals surface area contributed by atoms with Crippen molar-refractivity contribution in [3.63, 3.8) is 0 Å². The van der Waals surface area contributed by atoms with Gasteiger partial charge in [0.2, 0.25) is 5.91 Å². The van der Waals surface area contributed by atoms with Crippen LogP contribution in [0.15, 0.2) is 18.2 Å². The molecule has 0 unspecified atom stereocenters. The summed E-state index contributed by atoms with van der Waals surface area (Å²) in [6, 6.07) is 3.52. The molecule has 2 N–H and O–H groups in total. The van der Waals surface area contributed by atoms with Crippen molar-refractivity contribution in [2.24, 2.45) is 0 Å². The first kappa shape index (κ1) is 21.1. The Morgan fingerprint density at radius 3 is 2.42 bits per heavy atom. The number of halogens is 2. The van der Waals surface area contributed by atoms with Crippen molar-refractivity contribution in [3.8, 4) is 11.5 Å². The molecule has 0 aliphatic heterocycles. The standard InChI is InChI=1S/C16H20F2N2O6/c1-3-19-13(21)8-20-14(22)9-25-15(23)10-5-6-11(26-16(17)18)12(7-10)24-4-2/h5-7,16H,3-4,8-9H2,1-2H3,(H,19,21)(H,20,22). The number of ether oxygens (including phenoxy) is 3. The third-order valence-electron chi connectivity index (χ3n) is 2.85. The summed E-state index contributed by atoms with van der Waals surface area (Å²) in [6.45, 7) is 0.0830. The number of likely N-dealkylation sites (N-methyl/N-ethyl adjacent to an activating group) is 1. The predicted molar refractivity (Wildman–Crippen MR) is 86.2 cm³/mol. The van der Waals surface area contributed by atoms with Crippen LogP contribution in [0, 0.1) is 0 Å². The van der Waals surface area contributed by atoms with E-state index < -0.39 is 25.1 Å². The molecule has 26 heavy (non-hydrogen) atoms. The summed E-state index contributed by atoms with van der Waals surface area (Å²) >= 11 is 0. The summed E-state index contributed by atoms with van der Waals surface area (Å²) in [7, 11) is 0. The van der Waals surface area contributed by atoms with Crippen LogP contribution in [0.4, 0.5) is 8.78 Å². The van der Waals surface area contributed by atoms with Crippen LogP contribution in [-0.4, -0.2) is 50.7 Å². The molecule has 1 aromatic carbocycles. The maximum absolute atomic E-state index is 12.3. The second-order valence-electron chi connectivity index (χ2n) is 4.78. The van der Waals surface area contributed by atoms with Gasteiger partial charge < -0.3 is 24.8 Å². The van der Waals surface area contributed by atoms with Crippen molar-refractivity contribution in [1.82, 2.24) is 10.6 Å². The summed E-state index contributed by atoms with van der Waals surface area (Å²) in [5.74, 6) is -2.17. The average molecular weight is 374 g/mol. The van der Waals surface area contributed by atoms with E-state index in [1.165, 1.54) is 12.1 Å². The van der Waals surface area contributed by atoms with Crippen LogP contribution in [0.25, 0.3) is 0 Å². The minimum atomic E-state index is -3.04. The van der Waals surface area contributed by atoms with E-state index in [0.29, 0.717) is 6.54 Å². The number of hydrogen-bond donors (Lipinski definition) is 2. The molecular formula is C16H20F2N2O6. The van der Waals surface area contributed by atoms with Gasteiger partial charge in [-0.25, -0.2) is 4.79 Å². The number of carbonyl (C=O) groups is 3. The van der Waals surface area contributed by atoms with Crippen molar-refractivity contribution in [2.75, 3.05) is 26.3 Å². The van der Waals surface area contributed by atoms with E-state index in [1.54, 1.807) is 13.8 Å². The molecule has 8 nitrogen and oxygen atoms in total. The molecule has 0 atom stereocenters. The van der Waals surface area contributed by atoms with Gasteiger partial charge in [-0.05, 0) is 32.0 Å². The zero-order valence-electron chi connectivity index (χ0n) is 14.3. The number of esters is 1. The zero-order valence-corrected chi connectivity index (χ0v) is 14.3. The third kappa shape index (κ3) is 7.32. The number of rotatable bonds is 10. The van der Waals surface area contributed by atoms with Crippen LogP contribution in [-0.2, 0) is 14.3 Å². The van der Waals surface area contributed by atoms with E-state index in [4.69, 9.17) is 9.47 Å². The number of alkyl halides is 2. The van der Waals surface area contributed by atoms with Crippen molar-refractivity contribution < 1.29 is 37.4 Å². The monoisotopic (exact) mass is 374 g/mol. The zero-order chi connectivity index (χ0) is 19.5. The van der Waals surface area contributed by atoms with Crippen LogP contribution in [0.3, 0.4) is 0 Å². The van der Waals surface area contributed by atoms with Gasteiger partial charge in [0.15, 0.2) is 18.1 Å². The van der Waals surface area contributed by atoms with Crippen molar-refractivity contribution in [3.05, 3.63) is 23.8 Å². The Balaban J connectivity index is 2.62. The van der Waals surface area contributed by atoms with Gasteiger partial charge in [0.25, 0.3) is 5.91 Å². The highest BCUT2D eigenvalue weighted by atomic mass is 19.3. The van der Waals surface area contributed by atoms with Crippen LogP contribution < -0.4 is 20.1 Å². The lowest BCUT2D eigenvalue weighted by molar-refractivity contribution is -0.127. The Labute approximate surface area is 148 Å². The molecule has 1 rings (SSSR count). The Bertz CT molecular complexity index is 639. The van der Waals surface area contributed by atoms with Gasteiger partial charge in [0.1, 0.15) is 0 Å². The summed E-state index contributed by atoms with van der Waals surface area (Å²) in [6.07, 6.45) is 0. The molecule has 0 radical (unpaired) electrons. The van der Waals surface area contributed by atoms with E-state index in [9.17, 15) is 23.2 Å². The van der Waals surface area contributed by atoms with E-state index in [2.05, 4.69) is 15.4 Å². The number of hydrogen-bond acceptors (Lipinski definition) is 6. The predicted octanol–water partition coefficient (Wildman–Crippen LogP) is 1.10. The fourth-order valence-electron chi connectivity index (χ4n) is 1.80. The summed E-state index contributed by atoms with van der Waals surface area (Å²) in [4.78, 5) is 34.7. The fraction of sp³-hybridized carbons (Fsp3) is 0.438. The lowest BCUT2D eigenvalue weighted by Crippen LogP contribution is -2.38. The van der Waals surface area contributed by atoms with Crippen LogP contribution in [0.5, 0.6) is 11.5 Å². The van der Waals surface area contributed by atoms with Crippen molar-refractivity contribution >= 4 is 17.8 Å². The largest absolute Gasteiger partial charge is 0.490 e. The first-order valence-electron chi connectivity index (χ1n) is 7.79. The molecule has 0 fully saturated rings. The average Bonchev–Trinajstić information content (AvgIpc) is 2.59. The highest BCUT2D eigenvalue weighted by molar-refractivity contribution is 5.92. The molecule has 2 amide bonds. The molecule has 0 spiro atoms. The molecule has 1 aromatic rings. The maximum atomic E-state index is 12.3. The smallest absolute Gasteiger partial charge is 0.387 e. The molecule has 0 saturated heterocycles. The van der Waals surface area contributed by atoms with Crippen molar-refractivity contribution in [2.45, 2.75) is 20.5 Å². The van der Waals surface area contributed by atoms with Gasteiger partial charge in [0.05, 0.1) is 18.7 Å². The molecule has 144 valence electrons. The molecular weight excluding hydrogens is 354 g/mol. The maximum Gasteiger partial charge on any atom is 0.387 e. The Morgan fingerprint density at radius 1 is 1.08 bits per heavy atom. The second-order valence-corrected chi connectivity index (χ2v) is 4.78. The lowest BCUT2D eigenvalue weighted by Gasteiger charge is -2.12. The molecule has 0 aliphatic carbocycles. The number of amides is 2. The Morgan fingerprint density at radius 2 is 1.81 bits per heavy atom. The molecule has 0 saturated carbocycles. The first-order valence-corrected chi connectivity index (χ1v) is 7.79. The quantitative estimate of drug-likeness (QED) is 0.595. The third-order valence-corrected chi connectivity index (χ3v) is 2.85. The minimum Gasteiger partial charge on any atom is -0.490 e. The molecule has 0 heterocycles. The topological polar surface area (TPSA) is 103 Å². The first-order chi connectivity index (χ1) is 12.4. The molecule has 0 aromatic heterocycles. The number of nitrogens with one attached hydrogen (secondary N) is 2. The van der Waals surface area contributed by atoms with Crippen LogP contribution in [0.1, 0.15) is 24.2 Å². The van der Waals surface area contributed by atoms with E-state index in [-0.39, 0.29) is 36.1 Å². The van der Waals surface area contributed by atoms with Gasteiger partial charge in [-0.15, -0.1) is 0 Å². The van der Waals surface area contributed by atoms with Crippen molar-refractivity contribution in [1.29, 1.82) is 0 Å². The summed E-state index contributed by atoms with van der Waals surface area (Å²) < 4.78 is 38.9. The molecule has 0 aliphatic rings. The van der Waals surface area contributed by atoms with E-state index in [0.717, 1.165) is 6.07 Å². The fourth-order valence-corrected chi connectivity index (χ4v) is 1.80. The normalized spacial score (nSPS) is 10.2. The van der Waals surface area contributed by atoms with Gasteiger partial charge in [-0.3, -0.25) is 9.59 Å². The number of benzene rings is 1. The summed E-state index contributed by atoms with van der Waals surface area (Å²) in [5.41, 5.74) is -0.00778. The minimum absolute atomic E-state index is 0.00778. The van der Waals surface area contributed by atoms with Gasteiger partial charge in [-0.2, -0.15) is 8.78 Å². The molecule has 0 bridgehead atoms. The number of carbonyl (C=O) groups excluding carboxylic acids is 3. The molecule has 10 heteroatoms. The highest BCUT2D eigenvalue weighted by Crippen LogP contribution is 2.30. The van der Waals surface area contributed by atoms with E-state index in [1.807, 2.05) is 0 Å². The SMILES string of the molecule is CCNC(=O)CNC(=O)COC(=O)c1ccc(OC(F)F)c(OCC)c1. The van der Waals surface area contributed by atoms with E-state index >= 15 is 0 Å². The lowest BCUT2D eigenvalue weighted by atomic mass is 10.2. The Kier molecular flexibility index (Phi) is 8.82. The van der Waals surface area contributed by atoms with Crippen LogP contribution >= 0.6 is 0 Å². The Hall–Kier alpha value is -2.91. The highest BCUT2D eigenvalue weighted by Gasteiger charge is 2.16. The van der Waals surface area contributed by atoms with Gasteiger partial charge in [0, 0.05) is 6.54 Å². The van der Waals surface area contributed by atoms with Crippen LogP contribution in [0.2, 0.25) is 0 Å². The van der Waals surface area contributed by atoms with Gasteiger partial charge in [-0.1, -0.05) is 0 Å². The second kappa shape index (κ2) is 10.9. The summed E-state index contributed by atoms with van der Waals surface area (Å²) in [5, 5.41) is 4.77. The van der Waals surface area contributed by atoms with Gasteiger partial charge >= 0.3 is 12.6 Å².